The number of piperidine rings is 1. The maximum absolute atomic E-state index is 13.1. The van der Waals surface area contributed by atoms with Gasteiger partial charge < -0.3 is 9.67 Å². The summed E-state index contributed by atoms with van der Waals surface area (Å²) in [5.74, 6) is -1.46. The highest BCUT2D eigenvalue weighted by atomic mass is 32.2. The van der Waals surface area contributed by atoms with E-state index in [1.807, 2.05) is 6.92 Å². The minimum absolute atomic E-state index is 0.0157. The zero-order valence-electron chi connectivity index (χ0n) is 13.7. The van der Waals surface area contributed by atoms with Gasteiger partial charge in [-0.2, -0.15) is 17.0 Å². The van der Waals surface area contributed by atoms with Crippen molar-refractivity contribution in [3.8, 4) is 0 Å². The van der Waals surface area contributed by atoms with Crippen LogP contribution in [0.2, 0.25) is 0 Å². The molecule has 0 aromatic carbocycles. The van der Waals surface area contributed by atoms with Gasteiger partial charge in [-0.15, -0.1) is 0 Å². The zero-order valence-corrected chi connectivity index (χ0v) is 14.5. The van der Waals surface area contributed by atoms with Crippen molar-refractivity contribution in [3.63, 3.8) is 0 Å². The Labute approximate surface area is 144 Å². The lowest BCUT2D eigenvalue weighted by molar-refractivity contribution is 0.0669. The van der Waals surface area contributed by atoms with Gasteiger partial charge in [0.2, 0.25) is 0 Å². The average Bonchev–Trinajstić information content (AvgIpc) is 2.94. The fourth-order valence-electron chi connectivity index (χ4n) is 3.47. The molecule has 0 saturated carbocycles. The second-order valence-electron chi connectivity index (χ2n) is 6.32. The first-order valence-corrected chi connectivity index (χ1v) is 9.50. The molecule has 1 fully saturated rings. The molecule has 1 N–H and O–H groups in total. The predicted molar refractivity (Wildman–Crippen MR) is 83.5 cm³/mol. The Hall–Kier alpha value is -1.59. The number of aromatic carboxylic acids is 1. The van der Waals surface area contributed by atoms with Crippen molar-refractivity contribution in [2.45, 2.75) is 51.7 Å². The maximum Gasteiger partial charge on any atom is 0.354 e. The number of carboxylic acids is 1. The molecule has 2 aliphatic rings. The van der Waals surface area contributed by atoms with E-state index in [2.05, 4.69) is 4.98 Å². The van der Waals surface area contributed by atoms with E-state index in [0.29, 0.717) is 6.54 Å². The number of carbonyl (C=O) groups is 1. The van der Waals surface area contributed by atoms with Crippen LogP contribution in [-0.4, -0.2) is 56.8 Å². The molecule has 1 unspecified atom stereocenters. The largest absolute Gasteiger partial charge is 0.477 e. The number of alkyl halides is 2. The summed E-state index contributed by atoms with van der Waals surface area (Å²) >= 11 is 0. The minimum atomic E-state index is -3.74. The van der Waals surface area contributed by atoms with Gasteiger partial charge >= 0.3 is 5.97 Å². The molecule has 1 atom stereocenters. The fraction of sp³-hybridized carbons (Fsp3) is 0.714. The number of carboxylic acid groups (broad SMARTS) is 1. The van der Waals surface area contributed by atoms with Crippen LogP contribution < -0.4 is 0 Å². The lowest BCUT2D eigenvalue weighted by atomic mass is 10.1. The monoisotopic (exact) mass is 378 g/mol. The molecule has 0 spiro atoms. The van der Waals surface area contributed by atoms with Crippen LogP contribution in [0.15, 0.2) is 0 Å². The number of rotatable bonds is 4. The van der Waals surface area contributed by atoms with Gasteiger partial charge in [-0.1, -0.05) is 6.42 Å². The number of fused-ring (bicyclic) bond motifs is 1. The first-order valence-electron chi connectivity index (χ1n) is 8.11. The normalized spacial score (nSPS) is 23.0. The molecule has 0 bridgehead atoms. The van der Waals surface area contributed by atoms with Crippen molar-refractivity contribution in [3.05, 3.63) is 17.2 Å². The molecule has 8 nitrogen and oxygen atoms in total. The molecule has 25 heavy (non-hydrogen) atoms. The summed E-state index contributed by atoms with van der Waals surface area (Å²) in [6.45, 7) is 2.07. The van der Waals surface area contributed by atoms with E-state index in [1.165, 1.54) is 13.2 Å². The van der Waals surface area contributed by atoms with Gasteiger partial charge in [0.25, 0.3) is 16.6 Å². The number of nitrogens with zero attached hydrogens (tertiary/aromatic N) is 4. The van der Waals surface area contributed by atoms with Gasteiger partial charge in [0, 0.05) is 25.7 Å². The summed E-state index contributed by atoms with van der Waals surface area (Å²) < 4.78 is 55.7. The Bertz CT molecular complexity index is 780. The molecule has 3 heterocycles. The highest BCUT2D eigenvalue weighted by Gasteiger charge is 2.38. The van der Waals surface area contributed by atoms with Crippen LogP contribution >= 0.6 is 0 Å². The number of aromatic nitrogens is 2. The summed E-state index contributed by atoms with van der Waals surface area (Å²) in [5.41, 5.74) is -1.37. The third kappa shape index (κ3) is 3.15. The van der Waals surface area contributed by atoms with E-state index in [1.54, 1.807) is 0 Å². The number of halogens is 2. The summed E-state index contributed by atoms with van der Waals surface area (Å²) in [4.78, 5) is 15.0. The topological polar surface area (TPSA) is 95.7 Å². The van der Waals surface area contributed by atoms with Gasteiger partial charge in [0.1, 0.15) is 11.5 Å². The molecule has 1 aromatic rings. The van der Waals surface area contributed by atoms with Crippen LogP contribution in [0.3, 0.4) is 0 Å². The van der Waals surface area contributed by atoms with Crippen LogP contribution in [-0.2, 0) is 23.3 Å². The number of hydrogen-bond acceptors (Lipinski definition) is 4. The Morgan fingerprint density at radius 2 is 2.00 bits per heavy atom. The van der Waals surface area contributed by atoms with E-state index in [4.69, 9.17) is 0 Å². The summed E-state index contributed by atoms with van der Waals surface area (Å²) in [5, 5.41) is 9.19. The van der Waals surface area contributed by atoms with Crippen LogP contribution in [0.1, 0.15) is 54.6 Å². The Morgan fingerprint density at radius 3 is 2.60 bits per heavy atom. The third-order valence-corrected chi connectivity index (χ3v) is 6.84. The SMILES string of the molecule is CC1CCCCN1S(=O)(=O)N1CCn2c(nc(C(F)F)c2C(=O)O)C1. The lowest BCUT2D eigenvalue weighted by Crippen LogP contribution is -2.51. The Kier molecular flexibility index (Phi) is 4.82. The first kappa shape index (κ1) is 18.2. The van der Waals surface area contributed by atoms with Crippen LogP contribution in [0, 0.1) is 0 Å². The molecule has 0 amide bonds. The van der Waals surface area contributed by atoms with E-state index in [-0.39, 0.29) is 31.5 Å². The van der Waals surface area contributed by atoms with Crippen LogP contribution in [0.25, 0.3) is 0 Å². The standard InChI is InChI=1S/C14H20F2N4O4S/c1-9-4-2-3-5-20(9)25(23,24)18-6-7-19-10(8-18)17-11(13(15)16)12(19)14(21)22/h9,13H,2-8H2,1H3,(H,21,22). The molecule has 0 aliphatic carbocycles. The second-order valence-corrected chi connectivity index (χ2v) is 8.20. The zero-order chi connectivity index (χ0) is 18.4. The molecular formula is C14H20F2N4O4S. The van der Waals surface area contributed by atoms with Gasteiger partial charge in [-0.25, -0.2) is 18.6 Å². The fourth-order valence-corrected chi connectivity index (χ4v) is 5.27. The Balaban J connectivity index is 1.91. The third-order valence-electron chi connectivity index (χ3n) is 4.74. The van der Waals surface area contributed by atoms with Crippen LogP contribution in [0.5, 0.6) is 0 Å². The van der Waals surface area contributed by atoms with E-state index in [9.17, 15) is 27.1 Å². The lowest BCUT2D eigenvalue weighted by Gasteiger charge is -2.37. The van der Waals surface area contributed by atoms with E-state index in [0.717, 1.165) is 19.3 Å². The molecule has 3 rings (SSSR count). The molecule has 1 saturated heterocycles. The van der Waals surface area contributed by atoms with Crippen molar-refractivity contribution in [2.24, 2.45) is 0 Å². The molecule has 0 radical (unpaired) electrons. The summed E-state index contributed by atoms with van der Waals surface area (Å²) in [6, 6.07) is -0.119. The van der Waals surface area contributed by atoms with E-state index >= 15 is 0 Å². The van der Waals surface area contributed by atoms with Gasteiger partial charge in [0.05, 0.1) is 6.54 Å². The molecular weight excluding hydrogens is 358 g/mol. The minimum Gasteiger partial charge on any atom is -0.477 e. The Morgan fingerprint density at radius 1 is 1.28 bits per heavy atom. The number of imidazole rings is 1. The molecule has 140 valence electrons. The quantitative estimate of drug-likeness (QED) is 0.856. The van der Waals surface area contributed by atoms with Crippen molar-refractivity contribution < 1.29 is 27.1 Å². The van der Waals surface area contributed by atoms with Crippen molar-refractivity contribution >= 4 is 16.2 Å². The summed E-state index contributed by atoms with van der Waals surface area (Å²) in [6.07, 6.45) is -0.501. The van der Waals surface area contributed by atoms with E-state index < -0.39 is 34.0 Å². The average molecular weight is 378 g/mol. The van der Waals surface area contributed by atoms with Gasteiger partial charge in [0.15, 0.2) is 5.69 Å². The van der Waals surface area contributed by atoms with Crippen molar-refractivity contribution in [1.82, 2.24) is 18.2 Å². The van der Waals surface area contributed by atoms with Crippen LogP contribution in [0.4, 0.5) is 8.78 Å². The smallest absolute Gasteiger partial charge is 0.354 e. The van der Waals surface area contributed by atoms with Gasteiger partial charge in [-0.05, 0) is 19.8 Å². The van der Waals surface area contributed by atoms with Crippen molar-refractivity contribution in [1.29, 1.82) is 0 Å². The second kappa shape index (κ2) is 6.61. The number of hydrogen-bond donors (Lipinski definition) is 1. The first-order chi connectivity index (χ1) is 11.7. The molecule has 1 aromatic heterocycles. The highest BCUT2D eigenvalue weighted by Crippen LogP contribution is 2.29. The highest BCUT2D eigenvalue weighted by molar-refractivity contribution is 7.86. The van der Waals surface area contributed by atoms with Crippen molar-refractivity contribution in [2.75, 3.05) is 13.1 Å². The maximum atomic E-state index is 13.1. The van der Waals surface area contributed by atoms with Gasteiger partial charge in [-0.3, -0.25) is 0 Å². The summed E-state index contributed by atoms with van der Waals surface area (Å²) in [7, 11) is -3.74. The molecule has 2 aliphatic heterocycles. The molecule has 11 heteroatoms. The predicted octanol–water partition coefficient (Wildman–Crippen LogP) is 1.45.